The van der Waals surface area contributed by atoms with E-state index in [1.165, 1.54) is 0 Å². The topological polar surface area (TPSA) is 62.8 Å². The quantitative estimate of drug-likeness (QED) is 0.593. The largest absolute Gasteiger partial charge is 0.385 e. The number of amides is 1. The monoisotopic (exact) mass is 359 g/mol. The molecular weight excluding hydrogens is 329 g/mol. The molecule has 0 aromatic heterocycles. The maximum atomic E-state index is 12.3. The van der Waals surface area contributed by atoms with E-state index >= 15 is 0 Å². The molecule has 1 heterocycles. The lowest BCUT2D eigenvalue weighted by molar-refractivity contribution is -0.146. The summed E-state index contributed by atoms with van der Waals surface area (Å²) in [5.74, 6) is 0.0202. The lowest BCUT2D eigenvalue weighted by Crippen LogP contribution is -2.54. The van der Waals surface area contributed by atoms with Gasteiger partial charge in [0, 0.05) is 40.5 Å². The van der Waals surface area contributed by atoms with E-state index < -0.39 is 5.60 Å². The van der Waals surface area contributed by atoms with Gasteiger partial charge in [0.1, 0.15) is 5.60 Å². The predicted octanol–water partition coefficient (Wildman–Crippen LogP) is 0.683. The Morgan fingerprint density at radius 2 is 1.86 bits per heavy atom. The number of carbonyl (C=O) groups is 1. The maximum absolute atomic E-state index is 12.3. The van der Waals surface area contributed by atoms with Crippen molar-refractivity contribution in [2.45, 2.75) is 24.9 Å². The number of hydrogen-bond donors (Lipinski definition) is 2. The van der Waals surface area contributed by atoms with Gasteiger partial charge in [-0.3, -0.25) is 4.79 Å². The van der Waals surface area contributed by atoms with E-state index in [4.69, 9.17) is 9.47 Å². The number of hydrogen-bond acceptors (Lipinski definition) is 5. The van der Waals surface area contributed by atoms with Crippen LogP contribution in [0.15, 0.2) is 0 Å². The van der Waals surface area contributed by atoms with E-state index in [0.717, 1.165) is 52.0 Å². The first-order valence-corrected chi connectivity index (χ1v) is 7.36. The summed E-state index contributed by atoms with van der Waals surface area (Å²) in [6, 6.07) is 0. The second-order valence-electron chi connectivity index (χ2n) is 5.35. The molecule has 0 aromatic rings. The molecule has 0 unspecified atom stereocenters. The third kappa shape index (κ3) is 7.94. The molecule has 1 fully saturated rings. The Morgan fingerprint density at radius 3 is 2.41 bits per heavy atom. The third-order valence-electron chi connectivity index (χ3n) is 3.88. The second-order valence-corrected chi connectivity index (χ2v) is 5.35. The molecule has 0 spiro atoms. The van der Waals surface area contributed by atoms with Crippen LogP contribution in [-0.4, -0.2) is 77.0 Å². The Morgan fingerprint density at radius 1 is 1.23 bits per heavy atom. The Hall–Kier alpha value is -0.110. The first-order chi connectivity index (χ1) is 9.64. The minimum absolute atomic E-state index is 0. The van der Waals surface area contributed by atoms with Crippen molar-refractivity contribution in [1.29, 1.82) is 0 Å². The second kappa shape index (κ2) is 13.3. The Labute approximate surface area is 146 Å². The summed E-state index contributed by atoms with van der Waals surface area (Å²) < 4.78 is 10.5. The molecule has 0 radical (unpaired) electrons. The summed E-state index contributed by atoms with van der Waals surface area (Å²) >= 11 is 0. The number of ether oxygens (including phenoxy) is 2. The summed E-state index contributed by atoms with van der Waals surface area (Å²) in [5, 5.41) is 6.25. The molecule has 0 atom stereocenters. The summed E-state index contributed by atoms with van der Waals surface area (Å²) in [5.41, 5.74) is -0.639. The van der Waals surface area contributed by atoms with E-state index in [1.807, 2.05) is 0 Å². The highest BCUT2D eigenvalue weighted by Crippen LogP contribution is 2.22. The normalized spacial score (nSPS) is 16.5. The van der Waals surface area contributed by atoms with Crippen molar-refractivity contribution >= 4 is 30.7 Å². The van der Waals surface area contributed by atoms with Crippen LogP contribution in [0, 0.1) is 0 Å². The predicted molar refractivity (Wildman–Crippen MR) is 93.3 cm³/mol. The number of carbonyl (C=O) groups excluding carboxylic acids is 1. The Bertz CT molecular complexity index is 291. The summed E-state index contributed by atoms with van der Waals surface area (Å²) in [6.07, 6.45) is 2.48. The van der Waals surface area contributed by atoms with Gasteiger partial charge in [0.05, 0.1) is 0 Å². The van der Waals surface area contributed by atoms with Crippen molar-refractivity contribution in [1.82, 2.24) is 15.5 Å². The van der Waals surface area contributed by atoms with Crippen LogP contribution in [0.2, 0.25) is 0 Å². The highest BCUT2D eigenvalue weighted by atomic mass is 35.5. The number of halogens is 2. The first-order valence-electron chi connectivity index (χ1n) is 7.36. The number of nitrogens with one attached hydrogen (secondary N) is 2. The highest BCUT2D eigenvalue weighted by Gasteiger charge is 2.39. The van der Waals surface area contributed by atoms with Gasteiger partial charge in [-0.25, -0.2) is 0 Å². The molecule has 22 heavy (non-hydrogen) atoms. The van der Waals surface area contributed by atoms with Gasteiger partial charge in [-0.1, -0.05) is 0 Å². The number of methoxy groups -OCH3 is 2. The first kappa shape index (κ1) is 24.1. The van der Waals surface area contributed by atoms with Crippen molar-refractivity contribution in [2.24, 2.45) is 0 Å². The fourth-order valence-corrected chi connectivity index (χ4v) is 2.47. The zero-order valence-corrected chi connectivity index (χ0v) is 15.5. The van der Waals surface area contributed by atoms with E-state index in [9.17, 15) is 4.79 Å². The minimum atomic E-state index is -0.639. The van der Waals surface area contributed by atoms with E-state index in [2.05, 4.69) is 22.6 Å². The van der Waals surface area contributed by atoms with Gasteiger partial charge in [-0.15, -0.1) is 24.8 Å². The SMILES string of the molecule is COCCCN(C)CCNC(=O)C1(OC)CCNCC1.Cl.Cl. The molecule has 8 heteroatoms. The fraction of sp³-hybridized carbons (Fsp3) is 0.929. The zero-order valence-electron chi connectivity index (χ0n) is 13.9. The minimum Gasteiger partial charge on any atom is -0.385 e. The number of likely N-dealkylation sites (N-methyl/N-ethyl adjacent to an activating group) is 1. The molecule has 134 valence electrons. The lowest BCUT2D eigenvalue weighted by Gasteiger charge is -2.35. The van der Waals surface area contributed by atoms with Crippen LogP contribution in [-0.2, 0) is 14.3 Å². The van der Waals surface area contributed by atoms with Crippen molar-refractivity contribution < 1.29 is 14.3 Å². The van der Waals surface area contributed by atoms with Gasteiger partial charge in [0.25, 0.3) is 5.91 Å². The van der Waals surface area contributed by atoms with Crippen LogP contribution in [0.1, 0.15) is 19.3 Å². The van der Waals surface area contributed by atoms with Gasteiger partial charge in [0.15, 0.2) is 0 Å². The zero-order chi connectivity index (χ0) is 14.8. The Balaban J connectivity index is 0. The molecule has 0 aliphatic carbocycles. The van der Waals surface area contributed by atoms with Crippen LogP contribution >= 0.6 is 24.8 Å². The molecular formula is C14H31Cl2N3O3. The standard InChI is InChI=1S/C14H29N3O3.2ClH/c1-17(10-4-12-19-2)11-9-16-13(18)14(20-3)5-7-15-8-6-14;;/h15H,4-12H2,1-3H3,(H,16,18);2*1H. The summed E-state index contributed by atoms with van der Waals surface area (Å²) in [6.45, 7) is 4.91. The molecule has 0 bridgehead atoms. The molecule has 6 nitrogen and oxygen atoms in total. The smallest absolute Gasteiger partial charge is 0.252 e. The lowest BCUT2D eigenvalue weighted by atomic mass is 9.91. The molecule has 0 aromatic carbocycles. The average molecular weight is 360 g/mol. The Kier molecular flexibility index (Phi) is 14.6. The van der Waals surface area contributed by atoms with E-state index in [1.54, 1.807) is 14.2 Å². The maximum Gasteiger partial charge on any atom is 0.252 e. The van der Waals surface area contributed by atoms with Crippen LogP contribution in [0.25, 0.3) is 0 Å². The van der Waals surface area contributed by atoms with Crippen molar-refractivity contribution in [2.75, 3.05) is 60.6 Å². The molecule has 1 aliphatic rings. The van der Waals surface area contributed by atoms with Gasteiger partial charge >= 0.3 is 0 Å². The summed E-state index contributed by atoms with van der Waals surface area (Å²) in [7, 11) is 5.39. The van der Waals surface area contributed by atoms with Crippen LogP contribution in [0.3, 0.4) is 0 Å². The van der Waals surface area contributed by atoms with Crippen molar-refractivity contribution in [3.8, 4) is 0 Å². The molecule has 1 aliphatic heterocycles. The average Bonchev–Trinajstić information content (AvgIpc) is 2.48. The molecule has 1 rings (SSSR count). The van der Waals surface area contributed by atoms with Gasteiger partial charge in [-0.05, 0) is 39.4 Å². The molecule has 2 N–H and O–H groups in total. The summed E-state index contributed by atoms with van der Waals surface area (Å²) in [4.78, 5) is 14.5. The van der Waals surface area contributed by atoms with E-state index in [0.29, 0.717) is 6.54 Å². The van der Waals surface area contributed by atoms with Gasteiger partial charge in [-0.2, -0.15) is 0 Å². The van der Waals surface area contributed by atoms with Gasteiger partial charge in [0.2, 0.25) is 0 Å². The van der Waals surface area contributed by atoms with Gasteiger partial charge < -0.3 is 25.0 Å². The van der Waals surface area contributed by atoms with Crippen LogP contribution < -0.4 is 10.6 Å². The molecule has 0 saturated carbocycles. The van der Waals surface area contributed by atoms with Crippen molar-refractivity contribution in [3.63, 3.8) is 0 Å². The number of piperidine rings is 1. The molecule has 1 saturated heterocycles. The van der Waals surface area contributed by atoms with Crippen LogP contribution in [0.4, 0.5) is 0 Å². The third-order valence-corrected chi connectivity index (χ3v) is 3.88. The highest BCUT2D eigenvalue weighted by molar-refractivity contribution is 5.86. The number of nitrogens with zero attached hydrogens (tertiary/aromatic N) is 1. The molecule has 1 amide bonds. The van der Waals surface area contributed by atoms with Crippen molar-refractivity contribution in [3.05, 3.63) is 0 Å². The number of rotatable bonds is 9. The fourth-order valence-electron chi connectivity index (χ4n) is 2.47. The van der Waals surface area contributed by atoms with Crippen LogP contribution in [0.5, 0.6) is 0 Å². The van der Waals surface area contributed by atoms with E-state index in [-0.39, 0.29) is 30.7 Å².